The van der Waals surface area contributed by atoms with E-state index >= 15 is 0 Å². The molecule has 0 fully saturated rings. The van der Waals surface area contributed by atoms with Crippen LogP contribution in [0, 0.1) is 0 Å². The maximum Gasteiger partial charge on any atom is 0.339 e. The molecular formula is C13H15BrN2O2. The number of carbonyl (C=O) groups is 1. The number of rotatable bonds is 5. The van der Waals surface area contributed by atoms with Crippen LogP contribution in [0.5, 0.6) is 0 Å². The van der Waals surface area contributed by atoms with Crippen LogP contribution in [0.25, 0.3) is 0 Å². The highest BCUT2D eigenvalue weighted by molar-refractivity contribution is 9.10. The summed E-state index contributed by atoms with van der Waals surface area (Å²) in [7, 11) is 0. The lowest BCUT2D eigenvalue weighted by atomic mass is 10.1. The quantitative estimate of drug-likeness (QED) is 0.818. The first-order valence-corrected chi connectivity index (χ1v) is 6.77. The maximum absolute atomic E-state index is 11.1. The highest BCUT2D eigenvalue weighted by atomic mass is 79.9. The summed E-state index contributed by atoms with van der Waals surface area (Å²) in [6, 6.07) is 1.56. The number of anilines is 1. The minimum atomic E-state index is -0.966. The minimum Gasteiger partial charge on any atom is -0.478 e. The van der Waals surface area contributed by atoms with Gasteiger partial charge in [-0.25, -0.2) is 9.78 Å². The SMILES string of the molecule is O=C(O)c1cc(Br)cnc1NCCC1=CCCC1. The molecule has 1 aromatic rings. The Morgan fingerprint density at radius 1 is 1.56 bits per heavy atom. The number of aromatic carboxylic acids is 1. The smallest absolute Gasteiger partial charge is 0.339 e. The van der Waals surface area contributed by atoms with E-state index < -0.39 is 5.97 Å². The van der Waals surface area contributed by atoms with Crippen molar-refractivity contribution in [2.24, 2.45) is 0 Å². The van der Waals surface area contributed by atoms with Gasteiger partial charge in [-0.3, -0.25) is 0 Å². The molecule has 2 rings (SSSR count). The Hall–Kier alpha value is -1.36. The van der Waals surface area contributed by atoms with E-state index in [1.54, 1.807) is 12.3 Å². The molecule has 0 radical (unpaired) electrons. The van der Waals surface area contributed by atoms with E-state index in [-0.39, 0.29) is 5.56 Å². The average Bonchev–Trinajstić information content (AvgIpc) is 2.84. The second-order valence-electron chi connectivity index (χ2n) is 4.29. The summed E-state index contributed by atoms with van der Waals surface area (Å²) in [5, 5.41) is 12.2. The normalized spacial score (nSPS) is 14.4. The molecule has 96 valence electrons. The zero-order valence-corrected chi connectivity index (χ0v) is 11.5. The fourth-order valence-electron chi connectivity index (χ4n) is 2.05. The summed E-state index contributed by atoms with van der Waals surface area (Å²) in [6.45, 7) is 0.723. The van der Waals surface area contributed by atoms with Crippen LogP contribution in [-0.2, 0) is 0 Å². The second kappa shape index (κ2) is 6.00. The van der Waals surface area contributed by atoms with Gasteiger partial charge in [0.2, 0.25) is 0 Å². The summed E-state index contributed by atoms with van der Waals surface area (Å²) in [5.41, 5.74) is 1.65. The van der Waals surface area contributed by atoms with Crippen molar-refractivity contribution in [2.75, 3.05) is 11.9 Å². The van der Waals surface area contributed by atoms with Gasteiger partial charge < -0.3 is 10.4 Å². The van der Waals surface area contributed by atoms with Crippen LogP contribution in [0.3, 0.4) is 0 Å². The first-order chi connectivity index (χ1) is 8.66. The van der Waals surface area contributed by atoms with Crippen LogP contribution < -0.4 is 5.32 Å². The monoisotopic (exact) mass is 310 g/mol. The lowest BCUT2D eigenvalue weighted by Gasteiger charge is -2.09. The highest BCUT2D eigenvalue weighted by Gasteiger charge is 2.12. The molecule has 1 aliphatic carbocycles. The Morgan fingerprint density at radius 2 is 2.39 bits per heavy atom. The molecule has 0 unspecified atom stereocenters. The number of nitrogens with zero attached hydrogens (tertiary/aromatic N) is 1. The van der Waals surface area contributed by atoms with Gasteiger partial charge in [0.15, 0.2) is 0 Å². The summed E-state index contributed by atoms with van der Waals surface area (Å²) in [6.07, 6.45) is 8.41. The van der Waals surface area contributed by atoms with Crippen LogP contribution in [0.1, 0.15) is 36.0 Å². The number of aromatic nitrogens is 1. The summed E-state index contributed by atoms with van der Waals surface area (Å²) >= 11 is 3.22. The summed E-state index contributed by atoms with van der Waals surface area (Å²) in [4.78, 5) is 15.2. The van der Waals surface area contributed by atoms with Gasteiger partial charge in [0.1, 0.15) is 11.4 Å². The average molecular weight is 311 g/mol. The molecule has 0 saturated carbocycles. The van der Waals surface area contributed by atoms with Crippen molar-refractivity contribution in [2.45, 2.75) is 25.7 Å². The van der Waals surface area contributed by atoms with Gasteiger partial charge in [0.05, 0.1) is 0 Å². The zero-order chi connectivity index (χ0) is 13.0. The Labute approximate surface area is 114 Å². The highest BCUT2D eigenvalue weighted by Crippen LogP contribution is 2.21. The van der Waals surface area contributed by atoms with Gasteiger partial charge in [-0.2, -0.15) is 0 Å². The molecule has 1 heterocycles. The minimum absolute atomic E-state index is 0.199. The molecule has 0 aromatic carbocycles. The number of carboxylic acid groups (broad SMARTS) is 1. The summed E-state index contributed by atoms with van der Waals surface area (Å²) in [5.74, 6) is -0.532. The van der Waals surface area contributed by atoms with Crippen LogP contribution in [0.4, 0.5) is 5.82 Å². The molecular weight excluding hydrogens is 296 g/mol. The molecule has 0 atom stereocenters. The second-order valence-corrected chi connectivity index (χ2v) is 5.20. The van der Waals surface area contributed by atoms with Crippen molar-refractivity contribution in [3.05, 3.63) is 33.9 Å². The van der Waals surface area contributed by atoms with Gasteiger partial charge in [-0.05, 0) is 47.7 Å². The number of halogens is 1. The molecule has 0 spiro atoms. The van der Waals surface area contributed by atoms with E-state index in [1.807, 2.05) is 0 Å². The van der Waals surface area contributed by atoms with E-state index in [0.717, 1.165) is 13.0 Å². The van der Waals surface area contributed by atoms with E-state index in [4.69, 9.17) is 5.11 Å². The third kappa shape index (κ3) is 3.32. The first kappa shape index (κ1) is 13.1. The van der Waals surface area contributed by atoms with Crippen LogP contribution in [0.2, 0.25) is 0 Å². The Bertz CT molecular complexity index is 486. The molecule has 18 heavy (non-hydrogen) atoms. The number of pyridine rings is 1. The van der Waals surface area contributed by atoms with Crippen molar-refractivity contribution < 1.29 is 9.90 Å². The number of hydrogen-bond donors (Lipinski definition) is 2. The fraction of sp³-hybridized carbons (Fsp3) is 0.385. The maximum atomic E-state index is 11.1. The number of hydrogen-bond acceptors (Lipinski definition) is 3. The van der Waals surface area contributed by atoms with E-state index in [0.29, 0.717) is 10.3 Å². The lowest BCUT2D eigenvalue weighted by molar-refractivity contribution is 0.0697. The summed E-state index contributed by atoms with van der Waals surface area (Å²) < 4.78 is 0.670. The van der Waals surface area contributed by atoms with Crippen LogP contribution in [-0.4, -0.2) is 22.6 Å². The lowest BCUT2D eigenvalue weighted by Crippen LogP contribution is -2.10. The molecule has 1 aliphatic rings. The van der Waals surface area contributed by atoms with E-state index in [9.17, 15) is 4.79 Å². The van der Waals surface area contributed by atoms with Crippen LogP contribution in [0.15, 0.2) is 28.4 Å². The van der Waals surface area contributed by atoms with Crippen molar-refractivity contribution in [1.29, 1.82) is 0 Å². The van der Waals surface area contributed by atoms with Gasteiger partial charge in [-0.1, -0.05) is 11.6 Å². The Kier molecular flexibility index (Phi) is 4.36. The Morgan fingerprint density at radius 3 is 3.06 bits per heavy atom. The predicted octanol–water partition coefficient (Wildman–Crippen LogP) is 3.45. The third-order valence-electron chi connectivity index (χ3n) is 2.96. The molecule has 0 aliphatic heterocycles. The standard InChI is InChI=1S/C13H15BrN2O2/c14-10-7-11(13(17)18)12(16-8-10)15-6-5-9-3-1-2-4-9/h3,7-8H,1-2,4-6H2,(H,15,16)(H,17,18). The molecule has 4 nitrogen and oxygen atoms in total. The largest absolute Gasteiger partial charge is 0.478 e. The van der Waals surface area contributed by atoms with Gasteiger partial charge in [0, 0.05) is 17.2 Å². The van der Waals surface area contributed by atoms with Crippen molar-refractivity contribution in [3.8, 4) is 0 Å². The van der Waals surface area contributed by atoms with Gasteiger partial charge >= 0.3 is 5.97 Å². The van der Waals surface area contributed by atoms with Crippen molar-refractivity contribution in [1.82, 2.24) is 4.98 Å². The van der Waals surface area contributed by atoms with E-state index in [1.165, 1.54) is 24.8 Å². The predicted molar refractivity (Wildman–Crippen MR) is 73.9 cm³/mol. The fourth-order valence-corrected chi connectivity index (χ4v) is 2.38. The number of nitrogens with one attached hydrogen (secondary N) is 1. The number of allylic oxidation sites excluding steroid dienone is 1. The molecule has 5 heteroatoms. The molecule has 1 aromatic heterocycles. The molecule has 0 bridgehead atoms. The Balaban J connectivity index is 1.98. The molecule has 0 amide bonds. The van der Waals surface area contributed by atoms with Crippen molar-refractivity contribution in [3.63, 3.8) is 0 Å². The van der Waals surface area contributed by atoms with Gasteiger partial charge in [0.25, 0.3) is 0 Å². The molecule has 0 saturated heterocycles. The van der Waals surface area contributed by atoms with Gasteiger partial charge in [-0.15, -0.1) is 0 Å². The van der Waals surface area contributed by atoms with Crippen molar-refractivity contribution >= 4 is 27.7 Å². The van der Waals surface area contributed by atoms with Crippen LogP contribution >= 0.6 is 15.9 Å². The topological polar surface area (TPSA) is 62.2 Å². The first-order valence-electron chi connectivity index (χ1n) is 5.97. The third-order valence-corrected chi connectivity index (χ3v) is 3.39. The number of carboxylic acids is 1. The van der Waals surface area contributed by atoms with E-state index in [2.05, 4.69) is 32.3 Å². The zero-order valence-electron chi connectivity index (χ0n) is 9.95. The molecule has 2 N–H and O–H groups in total.